The van der Waals surface area contributed by atoms with Crippen molar-refractivity contribution in [3.8, 4) is 6.07 Å². The molecule has 0 saturated carbocycles. The Balaban J connectivity index is 1.67. The number of aromatic nitrogens is 3. The van der Waals surface area contributed by atoms with E-state index in [4.69, 9.17) is 5.26 Å². The Labute approximate surface area is 133 Å². The van der Waals surface area contributed by atoms with Crippen LogP contribution < -0.4 is 0 Å². The fourth-order valence-electron chi connectivity index (χ4n) is 3.96. The Morgan fingerprint density at radius 3 is 3.26 bits per heavy atom. The summed E-state index contributed by atoms with van der Waals surface area (Å²) >= 11 is 0. The van der Waals surface area contributed by atoms with Gasteiger partial charge in [-0.15, -0.1) is 0 Å². The van der Waals surface area contributed by atoms with E-state index in [0.717, 1.165) is 42.5 Å². The maximum Gasteiger partial charge on any atom is 0.237 e. The first kappa shape index (κ1) is 13.9. The van der Waals surface area contributed by atoms with Crippen LogP contribution in [0, 0.1) is 17.2 Å². The summed E-state index contributed by atoms with van der Waals surface area (Å²) in [5, 5.41) is 9.83. The molecule has 23 heavy (non-hydrogen) atoms. The second-order valence-electron chi connectivity index (χ2n) is 6.10. The summed E-state index contributed by atoms with van der Waals surface area (Å²) in [6, 6.07) is 4.15. The number of nitriles is 1. The van der Waals surface area contributed by atoms with Gasteiger partial charge in [0.2, 0.25) is 5.91 Å². The number of nitrogens with zero attached hydrogens (tertiary/aromatic N) is 4. The maximum atomic E-state index is 12.2. The third-order valence-electron chi connectivity index (χ3n) is 4.94. The molecule has 1 amide bonds. The Bertz CT molecular complexity index is 831. The minimum absolute atomic E-state index is 0.0336. The quantitative estimate of drug-likeness (QED) is 0.922. The van der Waals surface area contributed by atoms with E-state index >= 15 is 0 Å². The highest BCUT2D eigenvalue weighted by molar-refractivity contribution is 5.89. The minimum atomic E-state index is -0.0497. The lowest BCUT2D eigenvalue weighted by molar-refractivity contribution is -0.134. The first-order chi connectivity index (χ1) is 11.3. The number of hydrogen-bond acceptors (Lipinski definition) is 4. The number of piperidine rings is 1. The molecule has 1 saturated heterocycles. The van der Waals surface area contributed by atoms with Crippen molar-refractivity contribution in [2.45, 2.75) is 31.7 Å². The van der Waals surface area contributed by atoms with Crippen LogP contribution in [-0.4, -0.2) is 38.3 Å². The number of hydrogen-bond donors (Lipinski definition) is 1. The summed E-state index contributed by atoms with van der Waals surface area (Å²) in [5.74, 6) is 0.255. The fraction of sp³-hybridized carbons (Fsp3) is 0.412. The number of amides is 1. The summed E-state index contributed by atoms with van der Waals surface area (Å²) in [7, 11) is 0. The topological polar surface area (TPSA) is 85.7 Å². The molecule has 1 N–H and O–H groups in total. The van der Waals surface area contributed by atoms with Gasteiger partial charge in [-0.2, -0.15) is 5.26 Å². The first-order valence-corrected chi connectivity index (χ1v) is 7.94. The van der Waals surface area contributed by atoms with Crippen LogP contribution in [0.4, 0.5) is 0 Å². The lowest BCUT2D eigenvalue weighted by atomic mass is 9.85. The zero-order valence-corrected chi connectivity index (χ0v) is 12.7. The predicted molar refractivity (Wildman–Crippen MR) is 84.9 cm³/mol. The van der Waals surface area contributed by atoms with Crippen LogP contribution in [0.1, 0.15) is 31.4 Å². The van der Waals surface area contributed by atoms with Crippen molar-refractivity contribution in [3.05, 3.63) is 30.4 Å². The molecule has 2 unspecified atom stereocenters. The normalized spacial score (nSPS) is 23.4. The first-order valence-electron chi connectivity index (χ1n) is 7.94. The van der Waals surface area contributed by atoms with Crippen molar-refractivity contribution in [1.29, 1.82) is 5.26 Å². The van der Waals surface area contributed by atoms with E-state index < -0.39 is 0 Å². The van der Waals surface area contributed by atoms with Crippen LogP contribution in [0.5, 0.6) is 0 Å². The van der Waals surface area contributed by atoms with E-state index in [1.165, 1.54) is 5.57 Å². The van der Waals surface area contributed by atoms with Gasteiger partial charge in [0.1, 0.15) is 18.4 Å². The largest absolute Gasteiger partial charge is 0.346 e. The molecule has 1 fully saturated rings. The molecular weight excluding hydrogens is 290 g/mol. The molecule has 2 atom stereocenters. The molecule has 4 rings (SSSR count). The van der Waals surface area contributed by atoms with Crippen LogP contribution in [-0.2, 0) is 4.79 Å². The standard InChI is InChI=1S/C17H17N5O/c18-7-5-15(23)22-9-1-2-11-12(3-4-14(11)22)16-13-6-8-19-17(13)21-10-20-16/h3,6,8,10-11,14H,1-2,4-5,9H2,(H,19,20,21). The van der Waals surface area contributed by atoms with Gasteiger partial charge in [-0.3, -0.25) is 4.79 Å². The Hall–Kier alpha value is -2.68. The molecule has 2 aromatic heterocycles. The highest BCUT2D eigenvalue weighted by Gasteiger charge is 2.39. The average molecular weight is 307 g/mol. The third kappa shape index (κ3) is 2.20. The molecule has 6 heteroatoms. The molecular formula is C17H17N5O. The number of carbonyl (C=O) groups excluding carboxylic acids is 1. The molecule has 2 aromatic rings. The number of rotatable bonds is 2. The lowest BCUT2D eigenvalue weighted by Gasteiger charge is -2.38. The monoisotopic (exact) mass is 307 g/mol. The molecule has 2 aliphatic rings. The zero-order chi connectivity index (χ0) is 15.8. The molecule has 0 spiro atoms. The second-order valence-corrected chi connectivity index (χ2v) is 6.10. The van der Waals surface area contributed by atoms with Gasteiger partial charge >= 0.3 is 0 Å². The van der Waals surface area contributed by atoms with Crippen LogP contribution in [0.25, 0.3) is 16.6 Å². The van der Waals surface area contributed by atoms with Gasteiger partial charge in [0.05, 0.1) is 11.8 Å². The highest BCUT2D eigenvalue weighted by Crippen LogP contribution is 2.43. The van der Waals surface area contributed by atoms with Crippen molar-refractivity contribution in [3.63, 3.8) is 0 Å². The fourth-order valence-corrected chi connectivity index (χ4v) is 3.96. The number of aromatic amines is 1. The lowest BCUT2D eigenvalue weighted by Crippen LogP contribution is -2.46. The minimum Gasteiger partial charge on any atom is -0.346 e. The van der Waals surface area contributed by atoms with Gasteiger partial charge in [-0.1, -0.05) is 6.08 Å². The van der Waals surface area contributed by atoms with Gasteiger partial charge < -0.3 is 9.88 Å². The Morgan fingerprint density at radius 2 is 2.39 bits per heavy atom. The van der Waals surface area contributed by atoms with Crippen LogP contribution in [0.15, 0.2) is 24.7 Å². The molecule has 116 valence electrons. The van der Waals surface area contributed by atoms with Crippen LogP contribution >= 0.6 is 0 Å². The Kier molecular flexibility index (Phi) is 3.34. The summed E-state index contributed by atoms with van der Waals surface area (Å²) < 4.78 is 0. The molecule has 1 aliphatic heterocycles. The molecule has 0 radical (unpaired) electrons. The van der Waals surface area contributed by atoms with Crippen molar-refractivity contribution in [2.75, 3.05) is 6.54 Å². The number of carbonyl (C=O) groups is 1. The van der Waals surface area contributed by atoms with Crippen molar-refractivity contribution in [2.24, 2.45) is 5.92 Å². The molecule has 3 heterocycles. The molecule has 1 aliphatic carbocycles. The van der Waals surface area contributed by atoms with E-state index in [1.54, 1.807) is 6.33 Å². The van der Waals surface area contributed by atoms with Crippen molar-refractivity contribution < 1.29 is 4.79 Å². The smallest absolute Gasteiger partial charge is 0.237 e. The summed E-state index contributed by atoms with van der Waals surface area (Å²) in [6.07, 6.45) is 8.51. The van der Waals surface area contributed by atoms with Gasteiger partial charge in [0.25, 0.3) is 0 Å². The molecule has 0 bridgehead atoms. The van der Waals surface area contributed by atoms with Gasteiger partial charge in [-0.05, 0) is 30.9 Å². The SMILES string of the molecule is N#CCC(=O)N1CCCC2C(c3ncnc4[nH]ccc34)=CCC21. The number of likely N-dealkylation sites (tertiary alicyclic amines) is 1. The van der Waals surface area contributed by atoms with Crippen molar-refractivity contribution in [1.82, 2.24) is 19.9 Å². The van der Waals surface area contributed by atoms with E-state index in [1.807, 2.05) is 23.2 Å². The van der Waals surface area contributed by atoms with E-state index in [-0.39, 0.29) is 18.4 Å². The molecule has 6 nitrogen and oxygen atoms in total. The second kappa shape index (κ2) is 5.51. The van der Waals surface area contributed by atoms with E-state index in [0.29, 0.717) is 5.92 Å². The van der Waals surface area contributed by atoms with Crippen LogP contribution in [0.2, 0.25) is 0 Å². The predicted octanol–water partition coefficient (Wildman–Crippen LogP) is 2.27. The van der Waals surface area contributed by atoms with Gasteiger partial charge in [0, 0.05) is 30.1 Å². The maximum absolute atomic E-state index is 12.2. The van der Waals surface area contributed by atoms with Crippen molar-refractivity contribution >= 4 is 22.5 Å². The van der Waals surface area contributed by atoms with Gasteiger partial charge in [-0.25, -0.2) is 9.97 Å². The van der Waals surface area contributed by atoms with Gasteiger partial charge in [0.15, 0.2) is 0 Å². The third-order valence-corrected chi connectivity index (χ3v) is 4.94. The van der Waals surface area contributed by atoms with E-state index in [9.17, 15) is 4.79 Å². The zero-order valence-electron chi connectivity index (χ0n) is 12.7. The summed E-state index contributed by atoms with van der Waals surface area (Å²) in [6.45, 7) is 0.756. The number of H-pyrrole nitrogens is 1. The average Bonchev–Trinajstić information content (AvgIpc) is 3.21. The van der Waals surface area contributed by atoms with Crippen LogP contribution in [0.3, 0.4) is 0 Å². The number of nitrogens with one attached hydrogen (secondary N) is 1. The molecule has 0 aromatic carbocycles. The summed E-state index contributed by atoms with van der Waals surface area (Å²) in [4.78, 5) is 26.0. The Morgan fingerprint density at radius 1 is 1.48 bits per heavy atom. The highest BCUT2D eigenvalue weighted by atomic mass is 16.2. The van der Waals surface area contributed by atoms with E-state index in [2.05, 4.69) is 21.0 Å². The summed E-state index contributed by atoms with van der Waals surface area (Å²) in [5.41, 5.74) is 3.03. The number of fused-ring (bicyclic) bond motifs is 2.